The number of benzene rings is 10. The van der Waals surface area contributed by atoms with E-state index >= 15 is 0 Å². The Kier molecular flexibility index (Phi) is 7.90. The van der Waals surface area contributed by atoms with E-state index in [1.807, 2.05) is 0 Å². The molecule has 2 heteroatoms. The molecule has 0 aromatic heterocycles. The largest absolute Gasteiger partial charge is 0.310 e. The molecular weight excluding hydrogens is 773 g/mol. The van der Waals surface area contributed by atoms with Crippen molar-refractivity contribution in [3.63, 3.8) is 0 Å². The molecule has 0 bridgehead atoms. The maximum absolute atomic E-state index is 2.60. The third-order valence-corrected chi connectivity index (χ3v) is 14.4. The van der Waals surface area contributed by atoms with Crippen LogP contribution in [-0.4, -0.2) is 0 Å². The van der Waals surface area contributed by atoms with Crippen molar-refractivity contribution in [1.29, 1.82) is 0 Å². The molecular formula is C62H44N2. The molecule has 0 heterocycles. The van der Waals surface area contributed by atoms with Gasteiger partial charge in [0.05, 0.1) is 11.1 Å². The normalized spacial score (nSPS) is 14.0. The lowest BCUT2D eigenvalue weighted by Gasteiger charge is -2.41. The van der Waals surface area contributed by atoms with Gasteiger partial charge in [0.25, 0.3) is 0 Å². The average Bonchev–Trinajstić information content (AvgIpc) is 3.77. The first-order chi connectivity index (χ1) is 31.5. The summed E-state index contributed by atoms with van der Waals surface area (Å²) >= 11 is 0. The fraction of sp³-hybridized carbons (Fsp3) is 0.0645. The molecule has 302 valence electrons. The minimum atomic E-state index is -0.544. The SMILES string of the molecule is CC1(C)c2cc(N(c3ccccc3)c3ccccc3)ccc2-c2cc3c(cc21)-c1ccc(N(c2ccccc2)c2ccccc2)c2cccc(c12)C31c2ccccc2-c2ccccc21. The lowest BCUT2D eigenvalue weighted by Crippen LogP contribution is -2.32. The summed E-state index contributed by atoms with van der Waals surface area (Å²) in [6.45, 7) is 4.85. The molecule has 3 aliphatic carbocycles. The Morgan fingerprint density at radius 3 is 1.30 bits per heavy atom. The van der Waals surface area contributed by atoms with Gasteiger partial charge < -0.3 is 9.80 Å². The maximum atomic E-state index is 2.60. The van der Waals surface area contributed by atoms with Crippen LogP contribution < -0.4 is 9.80 Å². The van der Waals surface area contributed by atoms with Crippen molar-refractivity contribution >= 4 is 44.9 Å². The van der Waals surface area contributed by atoms with E-state index in [0.717, 1.165) is 28.4 Å². The molecule has 0 atom stereocenters. The Balaban J connectivity index is 1.10. The number of hydrogen-bond donors (Lipinski definition) is 0. The molecule has 13 rings (SSSR count). The minimum Gasteiger partial charge on any atom is -0.310 e. The monoisotopic (exact) mass is 816 g/mol. The van der Waals surface area contributed by atoms with Crippen LogP contribution in [0.3, 0.4) is 0 Å². The highest BCUT2D eigenvalue weighted by atomic mass is 15.1. The van der Waals surface area contributed by atoms with Gasteiger partial charge >= 0.3 is 0 Å². The topological polar surface area (TPSA) is 6.48 Å². The zero-order chi connectivity index (χ0) is 42.6. The van der Waals surface area contributed by atoms with Crippen LogP contribution in [0.25, 0.3) is 44.2 Å². The standard InChI is InChI=1S/C62H44N2/c1-61(2)56-38-45(63(41-20-7-3-8-21-41)42-22-9-4-10-23-42)34-35-48(56)51-40-58-52(39-57(51)61)49-36-37-59(64(43-24-11-5-12-25-43)44-26-13-6-14-27-44)50-30-19-33-55(60(49)50)62(58)53-31-17-15-28-46(53)47-29-16-18-32-54(47)62/h3-40H,1-2H3. The van der Waals surface area contributed by atoms with E-state index in [2.05, 4.69) is 254 Å². The van der Waals surface area contributed by atoms with E-state index in [-0.39, 0.29) is 5.41 Å². The molecule has 2 nitrogen and oxygen atoms in total. The van der Waals surface area contributed by atoms with E-state index in [1.165, 1.54) is 83.2 Å². The van der Waals surface area contributed by atoms with Crippen molar-refractivity contribution in [2.45, 2.75) is 24.7 Å². The number of hydrogen-bond acceptors (Lipinski definition) is 2. The third-order valence-electron chi connectivity index (χ3n) is 14.4. The van der Waals surface area contributed by atoms with Crippen LogP contribution in [0.15, 0.2) is 231 Å². The van der Waals surface area contributed by atoms with Crippen LogP contribution in [0.1, 0.15) is 47.2 Å². The minimum absolute atomic E-state index is 0.263. The molecule has 64 heavy (non-hydrogen) atoms. The maximum Gasteiger partial charge on any atom is 0.0725 e. The predicted octanol–water partition coefficient (Wildman–Crippen LogP) is 16.4. The first kappa shape index (κ1) is 36.7. The van der Waals surface area contributed by atoms with Gasteiger partial charge in [0.2, 0.25) is 0 Å². The van der Waals surface area contributed by atoms with Crippen LogP contribution in [0.4, 0.5) is 34.1 Å². The van der Waals surface area contributed by atoms with E-state index in [0.29, 0.717) is 0 Å². The summed E-state index contributed by atoms with van der Waals surface area (Å²) in [5, 5.41) is 2.55. The second-order valence-corrected chi connectivity index (χ2v) is 18.0. The van der Waals surface area contributed by atoms with Crippen LogP contribution >= 0.6 is 0 Å². The third kappa shape index (κ3) is 5.02. The molecule has 0 saturated carbocycles. The Bertz CT molecular complexity index is 3340. The number of nitrogens with zero attached hydrogens (tertiary/aromatic N) is 2. The van der Waals surface area contributed by atoms with E-state index < -0.39 is 5.41 Å². The summed E-state index contributed by atoms with van der Waals surface area (Å²) in [6.07, 6.45) is 0. The summed E-state index contributed by atoms with van der Waals surface area (Å²) in [4.78, 5) is 4.81. The average molecular weight is 817 g/mol. The lowest BCUT2D eigenvalue weighted by atomic mass is 9.60. The molecule has 0 aliphatic heterocycles. The number of para-hydroxylation sites is 4. The number of fused-ring (bicyclic) bond motifs is 12. The second kappa shape index (κ2) is 13.8. The molecule has 1 spiro atoms. The molecule has 10 aromatic rings. The molecule has 0 radical (unpaired) electrons. The van der Waals surface area contributed by atoms with E-state index in [9.17, 15) is 0 Å². The van der Waals surface area contributed by atoms with Gasteiger partial charge in [-0.1, -0.05) is 166 Å². The Hall–Kier alpha value is -7.94. The summed E-state index contributed by atoms with van der Waals surface area (Å²) in [7, 11) is 0. The zero-order valence-electron chi connectivity index (χ0n) is 35.8. The molecule has 0 amide bonds. The summed E-state index contributed by atoms with van der Waals surface area (Å²) in [5.74, 6) is 0. The molecule has 0 N–H and O–H groups in total. The van der Waals surface area contributed by atoms with Crippen molar-refractivity contribution in [3.05, 3.63) is 264 Å². The highest BCUT2D eigenvalue weighted by Gasteiger charge is 2.51. The molecule has 0 fully saturated rings. The summed E-state index contributed by atoms with van der Waals surface area (Å²) < 4.78 is 0. The van der Waals surface area contributed by atoms with Crippen molar-refractivity contribution in [3.8, 4) is 33.4 Å². The first-order valence-electron chi connectivity index (χ1n) is 22.4. The van der Waals surface area contributed by atoms with Crippen molar-refractivity contribution in [2.24, 2.45) is 0 Å². The summed E-state index contributed by atoms with van der Waals surface area (Å²) in [6, 6.07) is 85.6. The molecule has 10 aromatic carbocycles. The fourth-order valence-corrected chi connectivity index (χ4v) is 11.7. The van der Waals surface area contributed by atoms with Crippen LogP contribution in [0.2, 0.25) is 0 Å². The van der Waals surface area contributed by atoms with Gasteiger partial charge in [-0.3, -0.25) is 0 Å². The van der Waals surface area contributed by atoms with Crippen molar-refractivity contribution in [2.75, 3.05) is 9.80 Å². The molecule has 0 unspecified atom stereocenters. The number of anilines is 6. The van der Waals surface area contributed by atoms with Gasteiger partial charge in [-0.05, 0) is 151 Å². The van der Waals surface area contributed by atoms with Crippen molar-refractivity contribution in [1.82, 2.24) is 0 Å². The van der Waals surface area contributed by atoms with Gasteiger partial charge in [0.1, 0.15) is 0 Å². The smallest absolute Gasteiger partial charge is 0.0725 e. The summed E-state index contributed by atoms with van der Waals surface area (Å²) in [5.41, 5.74) is 22.0. The first-order valence-corrected chi connectivity index (χ1v) is 22.4. The Labute approximate surface area is 375 Å². The molecule has 0 saturated heterocycles. The number of rotatable bonds is 6. The van der Waals surface area contributed by atoms with Crippen molar-refractivity contribution < 1.29 is 0 Å². The fourth-order valence-electron chi connectivity index (χ4n) is 11.7. The van der Waals surface area contributed by atoms with Crippen LogP contribution in [-0.2, 0) is 10.8 Å². The van der Waals surface area contributed by atoms with Crippen LogP contribution in [0.5, 0.6) is 0 Å². The van der Waals surface area contributed by atoms with Gasteiger partial charge in [-0.25, -0.2) is 0 Å². The van der Waals surface area contributed by atoms with Gasteiger partial charge in [-0.15, -0.1) is 0 Å². The predicted molar refractivity (Wildman–Crippen MR) is 267 cm³/mol. The Morgan fingerprint density at radius 1 is 0.281 bits per heavy atom. The zero-order valence-corrected chi connectivity index (χ0v) is 35.8. The highest BCUT2D eigenvalue weighted by molar-refractivity contribution is 6.13. The van der Waals surface area contributed by atoms with Gasteiger partial charge in [0.15, 0.2) is 0 Å². The lowest BCUT2D eigenvalue weighted by molar-refractivity contribution is 0.659. The van der Waals surface area contributed by atoms with E-state index in [4.69, 9.17) is 0 Å². The van der Waals surface area contributed by atoms with Crippen LogP contribution in [0, 0.1) is 0 Å². The second-order valence-electron chi connectivity index (χ2n) is 18.0. The molecule has 3 aliphatic rings. The van der Waals surface area contributed by atoms with Gasteiger partial charge in [0, 0.05) is 39.2 Å². The van der Waals surface area contributed by atoms with E-state index in [1.54, 1.807) is 0 Å². The quantitative estimate of drug-likeness (QED) is 0.165. The Morgan fingerprint density at radius 2 is 0.719 bits per heavy atom. The highest BCUT2D eigenvalue weighted by Crippen LogP contribution is 2.64. The van der Waals surface area contributed by atoms with Gasteiger partial charge in [-0.2, -0.15) is 0 Å².